The van der Waals surface area contributed by atoms with E-state index in [9.17, 15) is 4.79 Å². The lowest BCUT2D eigenvalue weighted by Crippen LogP contribution is -2.21. The fraction of sp³-hybridized carbons (Fsp3) is 0.200. The van der Waals surface area contributed by atoms with Crippen molar-refractivity contribution in [3.8, 4) is 10.6 Å². The minimum Gasteiger partial charge on any atom is -0.355 e. The number of carbonyl (C=O) groups is 1. The number of thiophene rings is 1. The number of rotatable bonds is 2. The van der Waals surface area contributed by atoms with Gasteiger partial charge < -0.3 is 9.42 Å². The first-order valence-corrected chi connectivity index (χ1v) is 5.28. The monoisotopic (exact) mass is 222 g/mol. The van der Waals surface area contributed by atoms with E-state index in [1.165, 1.54) is 4.90 Å². The molecule has 5 heteroatoms. The first-order valence-electron chi connectivity index (χ1n) is 4.40. The van der Waals surface area contributed by atoms with Crippen LogP contribution in [0.5, 0.6) is 0 Å². The summed E-state index contributed by atoms with van der Waals surface area (Å²) in [4.78, 5) is 14.0. The fourth-order valence-electron chi connectivity index (χ4n) is 1.14. The Balaban J connectivity index is 2.29. The molecule has 0 aliphatic carbocycles. The summed E-state index contributed by atoms with van der Waals surface area (Å²) in [6.07, 6.45) is 0. The van der Waals surface area contributed by atoms with Crippen molar-refractivity contribution in [2.24, 2.45) is 0 Å². The molecule has 0 aromatic carbocycles. The van der Waals surface area contributed by atoms with Gasteiger partial charge in [0.2, 0.25) is 0 Å². The molecule has 0 saturated heterocycles. The Labute approximate surface area is 91.1 Å². The zero-order chi connectivity index (χ0) is 10.8. The standard InChI is InChI=1S/C10H10N2O2S/c1-12(2)10(13)7-6-8(14-11-7)9-4-3-5-15-9/h3-6H,1-2H3. The van der Waals surface area contributed by atoms with Gasteiger partial charge >= 0.3 is 0 Å². The first kappa shape index (κ1) is 9.92. The molecule has 0 N–H and O–H groups in total. The van der Waals surface area contributed by atoms with Crippen LogP contribution in [-0.4, -0.2) is 30.1 Å². The van der Waals surface area contributed by atoms with Gasteiger partial charge in [0.15, 0.2) is 11.5 Å². The van der Waals surface area contributed by atoms with E-state index in [-0.39, 0.29) is 5.91 Å². The summed E-state index contributed by atoms with van der Waals surface area (Å²) in [7, 11) is 3.36. The maximum absolute atomic E-state index is 11.5. The van der Waals surface area contributed by atoms with E-state index in [4.69, 9.17) is 4.52 Å². The van der Waals surface area contributed by atoms with Crippen LogP contribution < -0.4 is 0 Å². The highest BCUT2D eigenvalue weighted by Gasteiger charge is 2.15. The zero-order valence-electron chi connectivity index (χ0n) is 8.43. The first-order chi connectivity index (χ1) is 7.18. The molecule has 4 nitrogen and oxygen atoms in total. The van der Waals surface area contributed by atoms with Gasteiger partial charge in [0.05, 0.1) is 4.88 Å². The Bertz CT molecular complexity index is 459. The highest BCUT2D eigenvalue weighted by atomic mass is 32.1. The second kappa shape index (κ2) is 3.86. The highest BCUT2D eigenvalue weighted by molar-refractivity contribution is 7.13. The van der Waals surface area contributed by atoms with Crippen LogP contribution in [0.2, 0.25) is 0 Å². The van der Waals surface area contributed by atoms with E-state index < -0.39 is 0 Å². The van der Waals surface area contributed by atoms with E-state index in [0.29, 0.717) is 11.5 Å². The second-order valence-electron chi connectivity index (χ2n) is 3.25. The fourth-order valence-corrected chi connectivity index (χ4v) is 1.81. The van der Waals surface area contributed by atoms with Gasteiger partial charge in [0.25, 0.3) is 5.91 Å². The maximum atomic E-state index is 11.5. The van der Waals surface area contributed by atoms with Crippen molar-refractivity contribution in [2.75, 3.05) is 14.1 Å². The molecule has 2 aromatic heterocycles. The molecule has 0 unspecified atom stereocenters. The topological polar surface area (TPSA) is 46.3 Å². The van der Waals surface area contributed by atoms with Crippen molar-refractivity contribution in [3.63, 3.8) is 0 Å². The number of carbonyl (C=O) groups excluding carboxylic acids is 1. The highest BCUT2D eigenvalue weighted by Crippen LogP contribution is 2.25. The van der Waals surface area contributed by atoms with Crippen LogP contribution in [0.1, 0.15) is 10.5 Å². The molecule has 2 heterocycles. The summed E-state index contributed by atoms with van der Waals surface area (Å²) in [6, 6.07) is 5.51. The van der Waals surface area contributed by atoms with Crippen LogP contribution in [0, 0.1) is 0 Å². The normalized spacial score (nSPS) is 10.3. The minimum absolute atomic E-state index is 0.151. The third kappa shape index (κ3) is 1.92. The van der Waals surface area contributed by atoms with E-state index in [1.54, 1.807) is 31.5 Å². The molecule has 0 atom stereocenters. The van der Waals surface area contributed by atoms with Crippen molar-refractivity contribution >= 4 is 17.2 Å². The van der Waals surface area contributed by atoms with Crippen molar-refractivity contribution in [3.05, 3.63) is 29.3 Å². The molecule has 0 saturated carbocycles. The van der Waals surface area contributed by atoms with E-state index in [2.05, 4.69) is 5.16 Å². The number of hydrogen-bond acceptors (Lipinski definition) is 4. The van der Waals surface area contributed by atoms with Crippen LogP contribution in [0.15, 0.2) is 28.1 Å². The summed E-state index contributed by atoms with van der Waals surface area (Å²) in [6.45, 7) is 0. The van der Waals surface area contributed by atoms with Crippen LogP contribution >= 0.6 is 11.3 Å². The Hall–Kier alpha value is -1.62. The number of hydrogen-bond donors (Lipinski definition) is 0. The molecular weight excluding hydrogens is 212 g/mol. The molecule has 0 bridgehead atoms. The molecule has 15 heavy (non-hydrogen) atoms. The third-order valence-corrected chi connectivity index (χ3v) is 2.78. The van der Waals surface area contributed by atoms with Gasteiger partial charge in [-0.25, -0.2) is 0 Å². The van der Waals surface area contributed by atoms with Gasteiger partial charge in [-0.1, -0.05) is 11.2 Å². The van der Waals surface area contributed by atoms with Gasteiger partial charge in [-0.05, 0) is 11.4 Å². The molecular formula is C10H10N2O2S. The number of amides is 1. The largest absolute Gasteiger partial charge is 0.355 e. The summed E-state index contributed by atoms with van der Waals surface area (Å²) in [5, 5.41) is 5.68. The second-order valence-corrected chi connectivity index (χ2v) is 4.20. The smallest absolute Gasteiger partial charge is 0.275 e. The maximum Gasteiger partial charge on any atom is 0.275 e. The quantitative estimate of drug-likeness (QED) is 0.781. The lowest BCUT2D eigenvalue weighted by atomic mass is 10.3. The van der Waals surface area contributed by atoms with Gasteiger partial charge in [-0.3, -0.25) is 4.79 Å². The molecule has 0 fully saturated rings. The van der Waals surface area contributed by atoms with Gasteiger partial charge in [0, 0.05) is 20.2 Å². The molecule has 2 rings (SSSR count). The van der Waals surface area contributed by atoms with E-state index >= 15 is 0 Å². The number of aromatic nitrogens is 1. The number of nitrogens with zero attached hydrogens (tertiary/aromatic N) is 2. The van der Waals surface area contributed by atoms with Crippen molar-refractivity contribution in [2.45, 2.75) is 0 Å². The molecule has 0 radical (unpaired) electrons. The molecule has 1 amide bonds. The lowest BCUT2D eigenvalue weighted by molar-refractivity contribution is 0.0817. The Morgan fingerprint density at radius 2 is 2.33 bits per heavy atom. The molecule has 78 valence electrons. The SMILES string of the molecule is CN(C)C(=O)c1cc(-c2cccs2)on1. The summed E-state index contributed by atoms with van der Waals surface area (Å²) in [5.74, 6) is 0.483. The molecule has 2 aromatic rings. The van der Waals surface area contributed by atoms with Crippen molar-refractivity contribution in [1.82, 2.24) is 10.1 Å². The van der Waals surface area contributed by atoms with Crippen LogP contribution in [0.25, 0.3) is 10.6 Å². The molecule has 0 aliphatic heterocycles. The van der Waals surface area contributed by atoms with Crippen molar-refractivity contribution in [1.29, 1.82) is 0 Å². The van der Waals surface area contributed by atoms with E-state index in [1.807, 2.05) is 17.5 Å². The average Bonchev–Trinajstić information content (AvgIpc) is 2.86. The predicted molar refractivity (Wildman–Crippen MR) is 57.8 cm³/mol. The van der Waals surface area contributed by atoms with Crippen LogP contribution in [0.3, 0.4) is 0 Å². The van der Waals surface area contributed by atoms with Crippen LogP contribution in [-0.2, 0) is 0 Å². The Morgan fingerprint density at radius 1 is 1.53 bits per heavy atom. The average molecular weight is 222 g/mol. The zero-order valence-corrected chi connectivity index (χ0v) is 9.25. The van der Waals surface area contributed by atoms with Gasteiger partial charge in [-0.15, -0.1) is 11.3 Å². The molecule has 0 aliphatic rings. The lowest BCUT2D eigenvalue weighted by Gasteiger charge is -2.05. The third-order valence-electron chi connectivity index (χ3n) is 1.90. The van der Waals surface area contributed by atoms with Crippen LogP contribution in [0.4, 0.5) is 0 Å². The van der Waals surface area contributed by atoms with E-state index in [0.717, 1.165) is 4.88 Å². The predicted octanol–water partition coefficient (Wildman–Crippen LogP) is 2.10. The molecule has 0 spiro atoms. The van der Waals surface area contributed by atoms with Gasteiger partial charge in [0.1, 0.15) is 0 Å². The summed E-state index contributed by atoms with van der Waals surface area (Å²) in [5.41, 5.74) is 0.336. The Kier molecular flexibility index (Phi) is 2.55. The van der Waals surface area contributed by atoms with Crippen molar-refractivity contribution < 1.29 is 9.32 Å². The summed E-state index contributed by atoms with van der Waals surface area (Å²) >= 11 is 1.55. The summed E-state index contributed by atoms with van der Waals surface area (Å²) < 4.78 is 5.09. The minimum atomic E-state index is -0.151. The Morgan fingerprint density at radius 3 is 2.93 bits per heavy atom. The van der Waals surface area contributed by atoms with Gasteiger partial charge in [-0.2, -0.15) is 0 Å².